The number of aromatic nitrogens is 3. The Kier molecular flexibility index (Phi) is 4.18. The molecule has 1 aliphatic rings. The number of rotatable bonds is 2. The Morgan fingerprint density at radius 3 is 2.88 bits per heavy atom. The Bertz CT molecular complexity index is 972. The van der Waals surface area contributed by atoms with E-state index in [9.17, 15) is 9.59 Å². The van der Waals surface area contributed by atoms with Gasteiger partial charge in [-0.2, -0.15) is 0 Å². The van der Waals surface area contributed by atoms with Gasteiger partial charge in [-0.3, -0.25) is 14.0 Å². The number of nitrogens with one attached hydrogen (secondary N) is 1. The summed E-state index contributed by atoms with van der Waals surface area (Å²) in [6, 6.07) is 6.04. The number of aliphatic carboxylic acids is 1. The predicted molar refractivity (Wildman–Crippen MR) is 89.9 cm³/mol. The molecule has 0 fully saturated rings. The lowest BCUT2D eigenvalue weighted by molar-refractivity contribution is -0.136. The minimum Gasteiger partial charge on any atom is -0.481 e. The molecule has 2 heterocycles. The van der Waals surface area contributed by atoms with Crippen LogP contribution in [0.5, 0.6) is 0 Å². The SMILES string of the molecule is CCC(=O)O.NCc1cccc2c1Cc1c-2[nH]c(=O)c2nccn12. The molecule has 0 saturated carbocycles. The summed E-state index contributed by atoms with van der Waals surface area (Å²) in [6.45, 7) is 2.11. The smallest absolute Gasteiger partial charge is 0.303 e. The van der Waals surface area contributed by atoms with Crippen molar-refractivity contribution in [1.82, 2.24) is 14.4 Å². The number of aromatic amines is 1. The highest BCUT2D eigenvalue weighted by Gasteiger charge is 2.24. The normalized spacial score (nSPS) is 11.6. The average molecular weight is 326 g/mol. The number of carbonyl (C=O) groups is 1. The maximum Gasteiger partial charge on any atom is 0.303 e. The third-order valence-electron chi connectivity index (χ3n) is 4.07. The van der Waals surface area contributed by atoms with E-state index in [0.29, 0.717) is 12.2 Å². The van der Waals surface area contributed by atoms with Crippen LogP contribution in [0, 0.1) is 0 Å². The third kappa shape index (κ3) is 2.59. The van der Waals surface area contributed by atoms with Gasteiger partial charge in [0.2, 0.25) is 5.65 Å². The van der Waals surface area contributed by atoms with Gasteiger partial charge in [-0.25, -0.2) is 4.98 Å². The topological polar surface area (TPSA) is 113 Å². The standard InChI is InChI=1S/C14H12N4O.C3H6O2/c15-7-8-2-1-3-9-10(8)6-11-12(9)17-14(19)13-16-4-5-18(11)13;1-2-3(4)5/h1-5H,6-7,15H2,(H,17,19);2H2,1H3,(H,4,5). The molecule has 0 saturated heterocycles. The predicted octanol–water partition coefficient (Wildman–Crippen LogP) is 1.53. The van der Waals surface area contributed by atoms with Crippen molar-refractivity contribution >= 4 is 11.6 Å². The molecule has 4 N–H and O–H groups in total. The summed E-state index contributed by atoms with van der Waals surface area (Å²) in [5, 5.41) is 7.72. The second-order valence-electron chi connectivity index (χ2n) is 5.47. The third-order valence-corrected chi connectivity index (χ3v) is 4.07. The molecule has 0 spiro atoms. The highest BCUT2D eigenvalue weighted by molar-refractivity contribution is 5.74. The number of carboxylic acids is 1. The molecule has 1 aromatic carbocycles. The minimum absolute atomic E-state index is 0.158. The van der Waals surface area contributed by atoms with Gasteiger partial charge in [0.25, 0.3) is 5.56 Å². The van der Waals surface area contributed by atoms with E-state index in [2.05, 4.69) is 9.97 Å². The Morgan fingerprint density at radius 2 is 2.21 bits per heavy atom. The molecule has 7 heteroatoms. The van der Waals surface area contributed by atoms with Gasteiger partial charge in [-0.05, 0) is 11.1 Å². The summed E-state index contributed by atoms with van der Waals surface area (Å²) in [5.41, 5.74) is 11.4. The van der Waals surface area contributed by atoms with Gasteiger partial charge in [-0.1, -0.05) is 25.1 Å². The fourth-order valence-corrected chi connectivity index (χ4v) is 2.88. The average Bonchev–Trinajstić information content (AvgIpc) is 3.20. The number of benzene rings is 1. The van der Waals surface area contributed by atoms with Crippen LogP contribution in [-0.4, -0.2) is 25.4 Å². The number of nitrogens with zero attached hydrogens (tertiary/aromatic N) is 2. The van der Waals surface area contributed by atoms with E-state index in [0.717, 1.165) is 28.9 Å². The van der Waals surface area contributed by atoms with Crippen LogP contribution in [0.15, 0.2) is 35.4 Å². The summed E-state index contributed by atoms with van der Waals surface area (Å²) < 4.78 is 1.87. The van der Waals surface area contributed by atoms with Gasteiger partial charge in [0, 0.05) is 37.3 Å². The van der Waals surface area contributed by atoms with E-state index >= 15 is 0 Å². The molecule has 0 bridgehead atoms. The van der Waals surface area contributed by atoms with Crippen molar-refractivity contribution in [3.8, 4) is 11.3 Å². The zero-order valence-corrected chi connectivity index (χ0v) is 13.2. The number of nitrogens with two attached hydrogens (primary N) is 1. The monoisotopic (exact) mass is 326 g/mol. The molecule has 0 amide bonds. The first-order valence-electron chi connectivity index (χ1n) is 7.68. The van der Waals surface area contributed by atoms with Gasteiger partial charge < -0.3 is 15.8 Å². The molecule has 2 aromatic heterocycles. The Balaban J connectivity index is 0.000000300. The maximum atomic E-state index is 12.0. The number of hydrogen-bond acceptors (Lipinski definition) is 4. The van der Waals surface area contributed by atoms with E-state index < -0.39 is 5.97 Å². The zero-order chi connectivity index (χ0) is 17.3. The van der Waals surface area contributed by atoms with Crippen LogP contribution in [0.2, 0.25) is 0 Å². The summed E-state index contributed by atoms with van der Waals surface area (Å²) >= 11 is 0. The van der Waals surface area contributed by atoms with Gasteiger partial charge >= 0.3 is 5.97 Å². The number of H-pyrrole nitrogens is 1. The van der Waals surface area contributed by atoms with E-state index in [4.69, 9.17) is 10.8 Å². The van der Waals surface area contributed by atoms with Crippen LogP contribution < -0.4 is 11.3 Å². The molecule has 24 heavy (non-hydrogen) atoms. The second-order valence-corrected chi connectivity index (χ2v) is 5.47. The van der Waals surface area contributed by atoms with Gasteiger partial charge in [-0.15, -0.1) is 0 Å². The van der Waals surface area contributed by atoms with Crippen molar-refractivity contribution in [1.29, 1.82) is 0 Å². The van der Waals surface area contributed by atoms with Gasteiger partial charge in [0.15, 0.2) is 0 Å². The quantitative estimate of drug-likeness (QED) is 0.517. The number of carboxylic acid groups (broad SMARTS) is 1. The lowest BCUT2D eigenvalue weighted by Gasteiger charge is -2.04. The zero-order valence-electron chi connectivity index (χ0n) is 13.2. The molecule has 0 atom stereocenters. The maximum absolute atomic E-state index is 12.0. The first-order valence-corrected chi connectivity index (χ1v) is 7.68. The van der Waals surface area contributed by atoms with Crippen LogP contribution in [0.4, 0.5) is 0 Å². The Hall–Kier alpha value is -2.93. The van der Waals surface area contributed by atoms with Gasteiger partial charge in [0.05, 0.1) is 11.4 Å². The van der Waals surface area contributed by atoms with Crippen LogP contribution in [0.3, 0.4) is 0 Å². The van der Waals surface area contributed by atoms with Crippen LogP contribution in [0.1, 0.15) is 30.2 Å². The number of hydrogen-bond donors (Lipinski definition) is 3. The first-order chi connectivity index (χ1) is 11.6. The van der Waals surface area contributed by atoms with Crippen molar-refractivity contribution < 1.29 is 9.90 Å². The molecule has 4 rings (SSSR count). The minimum atomic E-state index is -0.745. The molecule has 0 aliphatic heterocycles. The van der Waals surface area contributed by atoms with Crippen LogP contribution in [0.25, 0.3) is 16.9 Å². The van der Waals surface area contributed by atoms with Gasteiger partial charge in [0.1, 0.15) is 0 Å². The molecular weight excluding hydrogens is 308 g/mol. The van der Waals surface area contributed by atoms with E-state index in [1.54, 1.807) is 13.1 Å². The number of fused-ring (bicyclic) bond motifs is 5. The van der Waals surface area contributed by atoms with Crippen molar-refractivity contribution in [2.75, 3.05) is 0 Å². The van der Waals surface area contributed by atoms with E-state index in [1.807, 2.05) is 28.8 Å². The van der Waals surface area contributed by atoms with Crippen molar-refractivity contribution in [2.45, 2.75) is 26.3 Å². The Labute approximate surface area is 137 Å². The lowest BCUT2D eigenvalue weighted by atomic mass is 10.0. The molecule has 0 unspecified atom stereocenters. The lowest BCUT2D eigenvalue weighted by Crippen LogP contribution is -2.13. The molecule has 0 radical (unpaired) electrons. The van der Waals surface area contributed by atoms with Crippen molar-refractivity contribution in [2.24, 2.45) is 5.73 Å². The summed E-state index contributed by atoms with van der Waals surface area (Å²) in [5.74, 6) is -0.745. The Morgan fingerprint density at radius 1 is 1.46 bits per heavy atom. The van der Waals surface area contributed by atoms with E-state index in [1.165, 1.54) is 5.56 Å². The van der Waals surface area contributed by atoms with Crippen molar-refractivity contribution in [3.63, 3.8) is 0 Å². The fourth-order valence-electron chi connectivity index (χ4n) is 2.88. The van der Waals surface area contributed by atoms with Crippen LogP contribution in [-0.2, 0) is 17.8 Å². The molecule has 1 aliphatic carbocycles. The molecule has 3 aromatic rings. The second kappa shape index (κ2) is 6.29. The molecule has 124 valence electrons. The molecular formula is C17H18N4O3. The first kappa shape index (κ1) is 15.9. The van der Waals surface area contributed by atoms with Crippen molar-refractivity contribution in [3.05, 3.63) is 57.8 Å². The highest BCUT2D eigenvalue weighted by Crippen LogP contribution is 2.36. The summed E-state index contributed by atoms with van der Waals surface area (Å²) in [4.78, 5) is 28.4. The summed E-state index contributed by atoms with van der Waals surface area (Å²) in [6.07, 6.45) is 4.48. The number of imidazole rings is 1. The largest absolute Gasteiger partial charge is 0.481 e. The van der Waals surface area contributed by atoms with Crippen LogP contribution >= 0.6 is 0 Å². The van der Waals surface area contributed by atoms with E-state index in [-0.39, 0.29) is 12.0 Å². The highest BCUT2D eigenvalue weighted by atomic mass is 16.4. The molecule has 7 nitrogen and oxygen atoms in total. The summed E-state index contributed by atoms with van der Waals surface area (Å²) in [7, 11) is 0. The fraction of sp³-hybridized carbons (Fsp3) is 0.235.